The fourth-order valence-electron chi connectivity index (χ4n) is 2.88. The molecule has 0 aliphatic carbocycles. The molecule has 26 heavy (non-hydrogen) atoms. The second-order valence-electron chi connectivity index (χ2n) is 5.89. The fraction of sp³-hybridized carbons (Fsp3) is 0.278. The molecule has 0 saturated carbocycles. The predicted octanol–water partition coefficient (Wildman–Crippen LogP) is 3.45. The number of ether oxygens (including phenoxy) is 1. The van der Waals surface area contributed by atoms with Crippen molar-refractivity contribution in [1.82, 2.24) is 0 Å². The van der Waals surface area contributed by atoms with E-state index in [0.717, 1.165) is 5.56 Å². The molecule has 0 fully saturated rings. The summed E-state index contributed by atoms with van der Waals surface area (Å²) in [6, 6.07) is 10.0. The van der Waals surface area contributed by atoms with E-state index in [9.17, 15) is 13.2 Å². The number of hydrogen-bond donors (Lipinski definition) is 1. The summed E-state index contributed by atoms with van der Waals surface area (Å²) in [5, 5.41) is 0.0296. The van der Waals surface area contributed by atoms with Crippen LogP contribution in [0.2, 0.25) is 5.02 Å². The first kappa shape index (κ1) is 18.5. The van der Waals surface area contributed by atoms with Crippen molar-refractivity contribution in [1.29, 1.82) is 0 Å². The normalized spacial score (nSPS) is 13.7. The van der Waals surface area contributed by atoms with Gasteiger partial charge >= 0.3 is 0 Å². The van der Waals surface area contributed by atoms with Crippen LogP contribution >= 0.6 is 11.6 Å². The Morgan fingerprint density at radius 1 is 1.31 bits per heavy atom. The first-order valence-electron chi connectivity index (χ1n) is 8.18. The van der Waals surface area contributed by atoms with Gasteiger partial charge in [0.1, 0.15) is 17.3 Å². The van der Waals surface area contributed by atoms with Crippen LogP contribution in [0.1, 0.15) is 19.4 Å². The number of carbonyl (C=O) groups is 1. The molecule has 2 aromatic carbocycles. The van der Waals surface area contributed by atoms with E-state index in [1.165, 1.54) is 24.0 Å². The average Bonchev–Trinajstić information content (AvgIpc) is 2.60. The van der Waals surface area contributed by atoms with Gasteiger partial charge < -0.3 is 9.64 Å². The third-order valence-electron chi connectivity index (χ3n) is 4.19. The predicted molar refractivity (Wildman–Crippen MR) is 102 cm³/mol. The van der Waals surface area contributed by atoms with Crippen LogP contribution < -0.4 is 14.4 Å². The quantitative estimate of drug-likeness (QED) is 0.861. The summed E-state index contributed by atoms with van der Waals surface area (Å²) in [6.07, 6.45) is 0.688. The highest BCUT2D eigenvalue weighted by molar-refractivity contribution is 7.92. The number of anilines is 2. The summed E-state index contributed by atoms with van der Waals surface area (Å²) in [5.74, 6) is 0.163. The molecule has 1 amide bonds. The van der Waals surface area contributed by atoms with Crippen LogP contribution in [0.15, 0.2) is 41.3 Å². The topological polar surface area (TPSA) is 75.7 Å². The molecule has 138 valence electrons. The molecule has 0 radical (unpaired) electrons. The van der Waals surface area contributed by atoms with Crippen molar-refractivity contribution in [2.24, 2.45) is 0 Å². The van der Waals surface area contributed by atoms with Gasteiger partial charge in [0.15, 0.2) is 0 Å². The summed E-state index contributed by atoms with van der Waals surface area (Å²) >= 11 is 6.24. The van der Waals surface area contributed by atoms with E-state index in [2.05, 4.69) is 4.72 Å². The minimum atomic E-state index is -3.91. The van der Waals surface area contributed by atoms with Crippen LogP contribution in [0, 0.1) is 0 Å². The summed E-state index contributed by atoms with van der Waals surface area (Å²) in [5.41, 5.74) is 1.86. The van der Waals surface area contributed by atoms with Gasteiger partial charge in [-0.2, -0.15) is 0 Å². The number of benzene rings is 2. The second kappa shape index (κ2) is 7.17. The molecular weight excluding hydrogens is 376 g/mol. The highest BCUT2D eigenvalue weighted by Crippen LogP contribution is 2.38. The molecule has 6 nitrogen and oxygen atoms in total. The summed E-state index contributed by atoms with van der Waals surface area (Å²) < 4.78 is 33.9. The molecule has 1 heterocycles. The van der Waals surface area contributed by atoms with Gasteiger partial charge in [0.25, 0.3) is 10.0 Å². The Kier molecular flexibility index (Phi) is 5.11. The van der Waals surface area contributed by atoms with Crippen LogP contribution in [-0.2, 0) is 21.2 Å². The number of carbonyl (C=O) groups excluding carboxylic acids is 1. The van der Waals surface area contributed by atoms with E-state index in [1.807, 2.05) is 19.1 Å². The molecule has 2 aromatic rings. The first-order valence-corrected chi connectivity index (χ1v) is 10.0. The van der Waals surface area contributed by atoms with E-state index in [4.69, 9.17) is 16.3 Å². The van der Waals surface area contributed by atoms with E-state index in [-0.39, 0.29) is 15.8 Å². The van der Waals surface area contributed by atoms with E-state index >= 15 is 0 Å². The number of sulfonamides is 1. The van der Waals surface area contributed by atoms with Gasteiger partial charge in [0, 0.05) is 13.0 Å². The zero-order chi connectivity index (χ0) is 18.9. The van der Waals surface area contributed by atoms with Crippen LogP contribution in [0.5, 0.6) is 5.75 Å². The number of para-hydroxylation sites is 1. The van der Waals surface area contributed by atoms with Crippen molar-refractivity contribution < 1.29 is 17.9 Å². The number of nitrogens with one attached hydrogen (secondary N) is 1. The molecule has 1 N–H and O–H groups in total. The Hall–Kier alpha value is -2.25. The number of rotatable bonds is 4. The van der Waals surface area contributed by atoms with Crippen LogP contribution in [0.25, 0.3) is 0 Å². The second-order valence-corrected chi connectivity index (χ2v) is 7.94. The maximum atomic E-state index is 12.9. The van der Waals surface area contributed by atoms with Crippen LogP contribution in [0.3, 0.4) is 0 Å². The van der Waals surface area contributed by atoms with E-state index in [0.29, 0.717) is 36.7 Å². The molecule has 0 spiro atoms. The highest BCUT2D eigenvalue weighted by atomic mass is 35.5. The molecule has 0 saturated heterocycles. The zero-order valence-corrected chi connectivity index (χ0v) is 16.0. The Morgan fingerprint density at radius 2 is 2.04 bits per heavy atom. The lowest BCUT2D eigenvalue weighted by molar-refractivity contribution is -0.116. The Bertz CT molecular complexity index is 960. The maximum absolute atomic E-state index is 12.9. The molecule has 0 atom stereocenters. The van der Waals surface area contributed by atoms with Crippen molar-refractivity contribution in [2.75, 3.05) is 22.8 Å². The van der Waals surface area contributed by atoms with Gasteiger partial charge in [-0.3, -0.25) is 9.52 Å². The number of hydrogen-bond acceptors (Lipinski definition) is 4. The minimum Gasteiger partial charge on any atom is -0.489 e. The Morgan fingerprint density at radius 3 is 2.73 bits per heavy atom. The first-order chi connectivity index (χ1) is 12.3. The molecule has 0 unspecified atom stereocenters. The van der Waals surface area contributed by atoms with Crippen LogP contribution in [-0.4, -0.2) is 27.5 Å². The van der Waals surface area contributed by atoms with Gasteiger partial charge in [-0.1, -0.05) is 36.7 Å². The summed E-state index contributed by atoms with van der Waals surface area (Å²) in [4.78, 5) is 13.2. The standard InChI is InChI=1S/C18H19ClN2O4S/c1-3-13-6-4-5-7-15(13)20-26(23,24)18-11-17-16(10-14(18)19)21(12(2)22)8-9-25-17/h4-7,10-11,20H,3,8-9H2,1-2H3. The lowest BCUT2D eigenvalue weighted by Crippen LogP contribution is -2.36. The average molecular weight is 395 g/mol. The largest absolute Gasteiger partial charge is 0.489 e. The zero-order valence-electron chi connectivity index (χ0n) is 14.5. The van der Waals surface area contributed by atoms with E-state index < -0.39 is 10.0 Å². The third kappa shape index (κ3) is 3.50. The van der Waals surface area contributed by atoms with Crippen molar-refractivity contribution in [3.05, 3.63) is 47.0 Å². The van der Waals surface area contributed by atoms with E-state index in [1.54, 1.807) is 12.1 Å². The molecule has 0 aromatic heterocycles. The molecule has 1 aliphatic rings. The van der Waals surface area contributed by atoms with Gasteiger partial charge in [-0.15, -0.1) is 0 Å². The highest BCUT2D eigenvalue weighted by Gasteiger charge is 2.27. The molecule has 3 rings (SSSR count). The van der Waals surface area contributed by atoms with Crippen molar-refractivity contribution in [2.45, 2.75) is 25.2 Å². The molecular formula is C18H19ClN2O4S. The Balaban J connectivity index is 2.02. The number of halogens is 1. The lowest BCUT2D eigenvalue weighted by Gasteiger charge is -2.29. The number of fused-ring (bicyclic) bond motifs is 1. The Labute approximate surface area is 157 Å². The smallest absolute Gasteiger partial charge is 0.263 e. The van der Waals surface area contributed by atoms with Crippen molar-refractivity contribution >= 4 is 38.9 Å². The summed E-state index contributed by atoms with van der Waals surface area (Å²) in [7, 11) is -3.91. The van der Waals surface area contributed by atoms with Crippen molar-refractivity contribution in [3.63, 3.8) is 0 Å². The lowest BCUT2D eigenvalue weighted by atomic mass is 10.1. The maximum Gasteiger partial charge on any atom is 0.263 e. The van der Waals surface area contributed by atoms with Gasteiger partial charge in [0.05, 0.1) is 22.9 Å². The molecule has 0 bridgehead atoms. The third-order valence-corrected chi connectivity index (χ3v) is 6.02. The summed E-state index contributed by atoms with van der Waals surface area (Å²) in [6.45, 7) is 4.08. The number of amides is 1. The molecule has 1 aliphatic heterocycles. The number of nitrogens with zero attached hydrogens (tertiary/aromatic N) is 1. The van der Waals surface area contributed by atoms with Gasteiger partial charge in [-0.25, -0.2) is 8.42 Å². The fourth-order valence-corrected chi connectivity index (χ4v) is 4.52. The van der Waals surface area contributed by atoms with Gasteiger partial charge in [-0.05, 0) is 24.1 Å². The van der Waals surface area contributed by atoms with Gasteiger partial charge in [0.2, 0.25) is 5.91 Å². The SMILES string of the molecule is CCc1ccccc1NS(=O)(=O)c1cc2c(cc1Cl)N(C(C)=O)CCO2. The number of aryl methyl sites for hydroxylation is 1. The minimum absolute atomic E-state index is 0.0296. The monoisotopic (exact) mass is 394 g/mol. The van der Waals surface area contributed by atoms with Crippen LogP contribution in [0.4, 0.5) is 11.4 Å². The van der Waals surface area contributed by atoms with Crippen molar-refractivity contribution in [3.8, 4) is 5.75 Å². The molecule has 8 heteroatoms.